The second kappa shape index (κ2) is 8.19. The van der Waals surface area contributed by atoms with Crippen molar-refractivity contribution in [1.82, 2.24) is 14.7 Å². The van der Waals surface area contributed by atoms with Gasteiger partial charge in [-0.05, 0) is 23.3 Å². The zero-order chi connectivity index (χ0) is 21.3. The molecule has 2 aliphatic rings. The van der Waals surface area contributed by atoms with E-state index in [1.807, 2.05) is 36.5 Å². The van der Waals surface area contributed by atoms with Gasteiger partial charge >= 0.3 is 0 Å². The quantitative estimate of drug-likeness (QED) is 0.629. The average Bonchev–Trinajstić information content (AvgIpc) is 3.19. The first-order chi connectivity index (χ1) is 15.1. The summed E-state index contributed by atoms with van der Waals surface area (Å²) in [4.78, 5) is 15.3. The Kier molecular flexibility index (Phi) is 5.24. The molecule has 0 saturated carbocycles. The maximum Gasteiger partial charge on any atom is 0.190 e. The summed E-state index contributed by atoms with van der Waals surface area (Å²) in [5.74, 6) is 1.54. The SMILES string of the molecule is COc1ccc(Cn2cc3c(n2)C(=O)CC2(CCN(Cc4ccccc4)CC2)O3)cc1. The lowest BCUT2D eigenvalue weighted by molar-refractivity contribution is -0.0108. The Labute approximate surface area is 182 Å². The predicted molar refractivity (Wildman–Crippen MR) is 118 cm³/mol. The number of carbonyl (C=O) groups excluding carboxylic acids is 1. The minimum absolute atomic E-state index is 0.0891. The number of hydrogen-bond donors (Lipinski definition) is 0. The second-order valence-corrected chi connectivity index (χ2v) is 8.53. The molecule has 2 aliphatic heterocycles. The van der Waals surface area contributed by atoms with Crippen LogP contribution in [0.25, 0.3) is 0 Å². The molecule has 0 amide bonds. The Hall–Kier alpha value is -3.12. The zero-order valence-corrected chi connectivity index (χ0v) is 17.8. The highest BCUT2D eigenvalue weighted by Gasteiger charge is 2.44. The Morgan fingerprint density at radius 3 is 2.42 bits per heavy atom. The van der Waals surface area contributed by atoms with Gasteiger partial charge in [-0.25, -0.2) is 0 Å². The molecule has 1 spiro atoms. The number of Topliss-reactive ketones (excluding diaryl/α,β-unsaturated/α-hetero) is 1. The molecule has 0 unspecified atom stereocenters. The molecule has 0 bridgehead atoms. The number of hydrogen-bond acceptors (Lipinski definition) is 5. The number of benzene rings is 2. The number of likely N-dealkylation sites (tertiary alicyclic amines) is 1. The van der Waals surface area contributed by atoms with Crippen LogP contribution in [-0.2, 0) is 13.1 Å². The van der Waals surface area contributed by atoms with Crippen molar-refractivity contribution in [2.45, 2.75) is 38.0 Å². The highest BCUT2D eigenvalue weighted by molar-refractivity contribution is 5.98. The number of piperidine rings is 1. The maximum atomic E-state index is 12.9. The van der Waals surface area contributed by atoms with E-state index >= 15 is 0 Å². The van der Waals surface area contributed by atoms with Crippen molar-refractivity contribution in [2.75, 3.05) is 20.2 Å². The van der Waals surface area contributed by atoms with Crippen LogP contribution in [0.1, 0.15) is 40.9 Å². The lowest BCUT2D eigenvalue weighted by Crippen LogP contribution is -2.50. The summed E-state index contributed by atoms with van der Waals surface area (Å²) in [6, 6.07) is 18.4. The summed E-state index contributed by atoms with van der Waals surface area (Å²) in [6.45, 7) is 3.39. The van der Waals surface area contributed by atoms with E-state index in [2.05, 4.69) is 34.3 Å². The van der Waals surface area contributed by atoms with Gasteiger partial charge in [0.05, 0.1) is 26.3 Å². The van der Waals surface area contributed by atoms with Crippen LogP contribution in [-0.4, -0.2) is 46.3 Å². The molecular formula is C25H27N3O3. The van der Waals surface area contributed by atoms with E-state index in [4.69, 9.17) is 9.47 Å². The Morgan fingerprint density at radius 1 is 1.00 bits per heavy atom. The van der Waals surface area contributed by atoms with Gasteiger partial charge in [-0.15, -0.1) is 0 Å². The predicted octanol–water partition coefficient (Wildman–Crippen LogP) is 3.94. The van der Waals surface area contributed by atoms with Crippen LogP contribution in [0.15, 0.2) is 60.8 Å². The third-order valence-electron chi connectivity index (χ3n) is 6.32. The molecule has 160 valence electrons. The van der Waals surface area contributed by atoms with Crippen LogP contribution in [0, 0.1) is 0 Å². The standard InChI is InChI=1S/C25H27N3O3/c1-30-21-9-7-20(8-10-21)17-28-18-23-24(26-28)22(29)15-25(31-23)11-13-27(14-12-25)16-19-5-3-2-4-6-19/h2-10,18H,11-17H2,1H3. The molecule has 3 heterocycles. The fourth-order valence-corrected chi connectivity index (χ4v) is 4.55. The summed E-state index contributed by atoms with van der Waals surface area (Å²) in [5, 5.41) is 4.52. The molecule has 0 radical (unpaired) electrons. The summed E-state index contributed by atoms with van der Waals surface area (Å²) in [7, 11) is 1.65. The highest BCUT2D eigenvalue weighted by Crippen LogP contribution is 2.39. The molecule has 1 saturated heterocycles. The fourth-order valence-electron chi connectivity index (χ4n) is 4.55. The van der Waals surface area contributed by atoms with Crippen molar-refractivity contribution in [1.29, 1.82) is 0 Å². The van der Waals surface area contributed by atoms with Crippen LogP contribution in [0.5, 0.6) is 11.5 Å². The first-order valence-electron chi connectivity index (χ1n) is 10.8. The minimum atomic E-state index is -0.398. The van der Waals surface area contributed by atoms with Gasteiger partial charge in [-0.1, -0.05) is 42.5 Å². The van der Waals surface area contributed by atoms with E-state index in [0.29, 0.717) is 24.4 Å². The summed E-state index contributed by atoms with van der Waals surface area (Å²) < 4.78 is 13.4. The second-order valence-electron chi connectivity index (χ2n) is 8.53. The molecule has 0 atom stereocenters. The van der Waals surface area contributed by atoms with E-state index in [1.54, 1.807) is 11.8 Å². The van der Waals surface area contributed by atoms with E-state index in [-0.39, 0.29) is 5.78 Å². The number of ether oxygens (including phenoxy) is 2. The van der Waals surface area contributed by atoms with Crippen molar-refractivity contribution >= 4 is 5.78 Å². The Balaban J connectivity index is 1.25. The van der Waals surface area contributed by atoms with Crippen molar-refractivity contribution in [3.8, 4) is 11.5 Å². The van der Waals surface area contributed by atoms with Gasteiger partial charge in [0.2, 0.25) is 0 Å². The number of aromatic nitrogens is 2. The maximum absolute atomic E-state index is 12.9. The average molecular weight is 418 g/mol. The molecular weight excluding hydrogens is 390 g/mol. The summed E-state index contributed by atoms with van der Waals surface area (Å²) in [6.07, 6.45) is 4.00. The third-order valence-corrected chi connectivity index (χ3v) is 6.32. The number of ketones is 1. The van der Waals surface area contributed by atoms with E-state index in [9.17, 15) is 4.79 Å². The number of methoxy groups -OCH3 is 1. The molecule has 1 aromatic heterocycles. The van der Waals surface area contributed by atoms with Crippen LogP contribution >= 0.6 is 0 Å². The van der Waals surface area contributed by atoms with Gasteiger partial charge in [-0.3, -0.25) is 14.4 Å². The van der Waals surface area contributed by atoms with Crippen molar-refractivity contribution in [3.63, 3.8) is 0 Å². The number of carbonyl (C=O) groups is 1. The lowest BCUT2D eigenvalue weighted by atomic mass is 9.83. The van der Waals surface area contributed by atoms with Crippen LogP contribution < -0.4 is 9.47 Å². The lowest BCUT2D eigenvalue weighted by Gasteiger charge is -2.43. The Morgan fingerprint density at radius 2 is 1.71 bits per heavy atom. The third kappa shape index (κ3) is 4.21. The monoisotopic (exact) mass is 417 g/mol. The number of fused-ring (bicyclic) bond motifs is 1. The molecule has 1 fully saturated rings. The summed E-state index contributed by atoms with van der Waals surface area (Å²) in [5.41, 5.74) is 2.48. The van der Waals surface area contributed by atoms with Gasteiger partial charge in [0.15, 0.2) is 17.2 Å². The molecule has 3 aromatic rings. The molecule has 6 nitrogen and oxygen atoms in total. The number of nitrogens with zero attached hydrogens (tertiary/aromatic N) is 3. The first kappa shape index (κ1) is 19.8. The van der Waals surface area contributed by atoms with Gasteiger partial charge in [0.25, 0.3) is 0 Å². The minimum Gasteiger partial charge on any atom is -0.497 e. The molecule has 0 aliphatic carbocycles. The topological polar surface area (TPSA) is 56.6 Å². The van der Waals surface area contributed by atoms with Gasteiger partial charge in [0.1, 0.15) is 11.4 Å². The normalized spacial score (nSPS) is 17.9. The van der Waals surface area contributed by atoms with Crippen LogP contribution in [0.2, 0.25) is 0 Å². The number of rotatable bonds is 5. The fraction of sp³-hybridized carbons (Fsp3) is 0.360. The van der Waals surface area contributed by atoms with Crippen molar-refractivity contribution in [3.05, 3.63) is 77.6 Å². The summed E-state index contributed by atoms with van der Waals surface area (Å²) >= 11 is 0. The largest absolute Gasteiger partial charge is 0.497 e. The molecule has 0 N–H and O–H groups in total. The van der Waals surface area contributed by atoms with Crippen LogP contribution in [0.3, 0.4) is 0 Å². The van der Waals surface area contributed by atoms with Crippen molar-refractivity contribution in [2.24, 2.45) is 0 Å². The van der Waals surface area contributed by atoms with E-state index in [0.717, 1.165) is 43.8 Å². The van der Waals surface area contributed by atoms with E-state index in [1.165, 1.54) is 5.56 Å². The van der Waals surface area contributed by atoms with Gasteiger partial charge in [0, 0.05) is 32.5 Å². The first-order valence-corrected chi connectivity index (χ1v) is 10.8. The van der Waals surface area contributed by atoms with Gasteiger partial charge < -0.3 is 9.47 Å². The van der Waals surface area contributed by atoms with E-state index < -0.39 is 5.60 Å². The van der Waals surface area contributed by atoms with Gasteiger partial charge in [-0.2, -0.15) is 5.10 Å². The van der Waals surface area contributed by atoms with Crippen LogP contribution in [0.4, 0.5) is 0 Å². The Bertz CT molecular complexity index is 1050. The molecule has 31 heavy (non-hydrogen) atoms. The zero-order valence-electron chi connectivity index (χ0n) is 17.8. The van der Waals surface area contributed by atoms with Crippen molar-refractivity contribution < 1.29 is 14.3 Å². The molecule has 2 aromatic carbocycles. The molecule has 5 rings (SSSR count). The smallest absolute Gasteiger partial charge is 0.190 e. The highest BCUT2D eigenvalue weighted by atomic mass is 16.5. The molecule has 6 heteroatoms.